The van der Waals surface area contributed by atoms with Crippen LogP contribution in [0.2, 0.25) is 0 Å². The number of ether oxygens (including phenoxy) is 1. The van der Waals surface area contributed by atoms with E-state index in [4.69, 9.17) is 4.74 Å². The third-order valence-electron chi connectivity index (χ3n) is 5.13. The predicted molar refractivity (Wildman–Crippen MR) is 75.3 cm³/mol. The van der Waals surface area contributed by atoms with Crippen LogP contribution in [0.1, 0.15) is 29.5 Å². The lowest BCUT2D eigenvalue weighted by atomic mass is 9.80. The number of ketones is 1. The molecule has 3 aliphatic rings. The van der Waals surface area contributed by atoms with Crippen molar-refractivity contribution in [2.45, 2.75) is 38.9 Å². The molecule has 0 spiro atoms. The molecule has 104 valence electrons. The number of hydrogen-bond donors (Lipinski definition) is 1. The van der Waals surface area contributed by atoms with E-state index in [1.54, 1.807) is 0 Å². The lowest BCUT2D eigenvalue weighted by molar-refractivity contribution is -0.118. The number of carbonyl (C=O) groups excluding carboxylic acids is 1. The number of allylic oxidation sites excluding steroid dienone is 1. The first-order valence-corrected chi connectivity index (χ1v) is 7.29. The molecule has 3 heteroatoms. The number of aliphatic hydroxyl groups excluding tert-OH is 1. The highest BCUT2D eigenvalue weighted by atomic mass is 16.5. The monoisotopic (exact) mass is 270 g/mol. The number of benzene rings is 1. The normalized spacial score (nSPS) is 35.0. The first-order valence-electron chi connectivity index (χ1n) is 7.29. The zero-order valence-corrected chi connectivity index (χ0v) is 11.7. The van der Waals surface area contributed by atoms with E-state index in [1.165, 1.54) is 0 Å². The molecule has 0 radical (unpaired) electrons. The van der Waals surface area contributed by atoms with Crippen molar-refractivity contribution in [3.63, 3.8) is 0 Å². The van der Waals surface area contributed by atoms with Crippen LogP contribution >= 0.6 is 0 Å². The first kappa shape index (κ1) is 12.2. The van der Waals surface area contributed by atoms with E-state index in [0.29, 0.717) is 5.57 Å². The summed E-state index contributed by atoms with van der Waals surface area (Å²) in [6, 6.07) is 5.98. The second-order valence-electron chi connectivity index (χ2n) is 6.23. The molecule has 20 heavy (non-hydrogen) atoms. The molecule has 0 aromatic heterocycles. The summed E-state index contributed by atoms with van der Waals surface area (Å²) < 4.78 is 5.81. The van der Waals surface area contributed by atoms with Gasteiger partial charge in [-0.3, -0.25) is 4.79 Å². The minimum Gasteiger partial charge on any atom is -0.511 e. The highest BCUT2D eigenvalue weighted by molar-refractivity contribution is 6.25. The van der Waals surface area contributed by atoms with Gasteiger partial charge < -0.3 is 9.84 Å². The van der Waals surface area contributed by atoms with Gasteiger partial charge in [0.15, 0.2) is 5.78 Å². The maximum Gasteiger partial charge on any atom is 0.173 e. The minimum absolute atomic E-state index is 0.0153. The standard InChI is InChI=1S/C17H18O3/c1-8-4-3-5-9(2)12(8)15-16(18)13-10-6-7-11(20-10)14(13)17(15)19/h3-5,10-11,13-14,18H,6-7H2,1-2H3/t10?,11?,13-,14+/m1/s1. The van der Waals surface area contributed by atoms with E-state index in [0.717, 1.165) is 29.5 Å². The van der Waals surface area contributed by atoms with Gasteiger partial charge in [-0.1, -0.05) is 18.2 Å². The maximum atomic E-state index is 12.8. The number of aryl methyl sites for hydroxylation is 2. The van der Waals surface area contributed by atoms with Crippen LogP contribution in [0.25, 0.3) is 5.57 Å². The number of fused-ring (bicyclic) bond motifs is 5. The average Bonchev–Trinajstić information content (AvgIpc) is 3.07. The fourth-order valence-corrected chi connectivity index (χ4v) is 4.28. The quantitative estimate of drug-likeness (QED) is 0.853. The fourth-order valence-electron chi connectivity index (χ4n) is 4.28. The molecule has 0 amide bonds. The van der Waals surface area contributed by atoms with Crippen molar-refractivity contribution in [1.29, 1.82) is 0 Å². The molecule has 2 saturated heterocycles. The molecular weight excluding hydrogens is 252 g/mol. The van der Waals surface area contributed by atoms with Gasteiger partial charge in [-0.15, -0.1) is 0 Å². The van der Waals surface area contributed by atoms with E-state index in [1.807, 2.05) is 32.0 Å². The molecule has 2 fully saturated rings. The summed E-state index contributed by atoms with van der Waals surface area (Å²) in [5.41, 5.74) is 3.57. The summed E-state index contributed by atoms with van der Waals surface area (Å²) in [5.74, 6) is 0.0970. The van der Waals surface area contributed by atoms with Gasteiger partial charge >= 0.3 is 0 Å². The molecule has 2 bridgehead atoms. The van der Waals surface area contributed by atoms with Gasteiger partial charge in [-0.25, -0.2) is 0 Å². The first-order chi connectivity index (χ1) is 9.59. The summed E-state index contributed by atoms with van der Waals surface area (Å²) in [4.78, 5) is 12.8. The molecule has 2 aliphatic heterocycles. The number of rotatable bonds is 1. The Kier molecular flexibility index (Phi) is 2.40. The molecule has 1 N–H and O–H groups in total. The van der Waals surface area contributed by atoms with Crippen molar-refractivity contribution >= 4 is 11.4 Å². The van der Waals surface area contributed by atoms with E-state index >= 15 is 0 Å². The van der Waals surface area contributed by atoms with Gasteiger partial charge in [0.2, 0.25) is 0 Å². The zero-order valence-electron chi connectivity index (χ0n) is 11.7. The van der Waals surface area contributed by atoms with Crippen LogP contribution in [0.5, 0.6) is 0 Å². The molecule has 1 aromatic carbocycles. The minimum atomic E-state index is -0.150. The molecule has 2 heterocycles. The van der Waals surface area contributed by atoms with Crippen molar-refractivity contribution in [1.82, 2.24) is 0 Å². The lowest BCUT2D eigenvalue weighted by Crippen LogP contribution is -2.29. The SMILES string of the molecule is Cc1cccc(C)c1C1=C(O)[C@@H]2C3CCC(O3)[C@@H]2C1=O. The second kappa shape index (κ2) is 3.95. The molecule has 1 aliphatic carbocycles. The van der Waals surface area contributed by atoms with Gasteiger partial charge in [0.25, 0.3) is 0 Å². The van der Waals surface area contributed by atoms with E-state index in [9.17, 15) is 9.90 Å². The van der Waals surface area contributed by atoms with Crippen molar-refractivity contribution in [2.75, 3.05) is 0 Å². The van der Waals surface area contributed by atoms with E-state index < -0.39 is 0 Å². The van der Waals surface area contributed by atoms with Crippen LogP contribution in [0.4, 0.5) is 0 Å². The predicted octanol–water partition coefficient (Wildman–Crippen LogP) is 2.95. The highest BCUT2D eigenvalue weighted by Crippen LogP contribution is 2.53. The molecule has 2 unspecified atom stereocenters. The number of Topliss-reactive ketones (excluding diaryl/α,β-unsaturated/α-hetero) is 1. The van der Waals surface area contributed by atoms with Gasteiger partial charge in [0.05, 0.1) is 29.6 Å². The van der Waals surface area contributed by atoms with E-state index in [-0.39, 0.29) is 35.6 Å². The van der Waals surface area contributed by atoms with Gasteiger partial charge in [0, 0.05) is 0 Å². The van der Waals surface area contributed by atoms with Gasteiger partial charge in [-0.2, -0.15) is 0 Å². The largest absolute Gasteiger partial charge is 0.511 e. The van der Waals surface area contributed by atoms with Crippen LogP contribution in [-0.2, 0) is 9.53 Å². The third-order valence-corrected chi connectivity index (χ3v) is 5.13. The molecule has 0 saturated carbocycles. The Morgan fingerprint density at radius 3 is 2.30 bits per heavy atom. The number of aliphatic hydroxyl groups is 1. The fraction of sp³-hybridized carbons (Fsp3) is 0.471. The molecule has 3 nitrogen and oxygen atoms in total. The van der Waals surface area contributed by atoms with Crippen LogP contribution in [0.15, 0.2) is 24.0 Å². The molecular formula is C17H18O3. The second-order valence-corrected chi connectivity index (χ2v) is 6.23. The van der Waals surface area contributed by atoms with Gasteiger partial charge in [-0.05, 0) is 43.4 Å². The van der Waals surface area contributed by atoms with E-state index in [2.05, 4.69) is 0 Å². The maximum absolute atomic E-state index is 12.8. The Balaban J connectivity index is 1.88. The summed E-state index contributed by atoms with van der Waals surface area (Å²) in [6.07, 6.45) is 1.96. The Hall–Kier alpha value is -1.61. The van der Waals surface area contributed by atoms with Crippen LogP contribution < -0.4 is 0 Å². The molecule has 1 aromatic rings. The Morgan fingerprint density at radius 1 is 1.10 bits per heavy atom. The van der Waals surface area contributed by atoms with Crippen molar-refractivity contribution < 1.29 is 14.6 Å². The van der Waals surface area contributed by atoms with Crippen molar-refractivity contribution in [3.8, 4) is 0 Å². The topological polar surface area (TPSA) is 46.5 Å². The number of carbonyl (C=O) groups is 1. The van der Waals surface area contributed by atoms with Crippen molar-refractivity contribution in [2.24, 2.45) is 11.8 Å². The summed E-state index contributed by atoms with van der Waals surface area (Å²) in [5, 5.41) is 10.6. The zero-order chi connectivity index (χ0) is 14.0. The van der Waals surface area contributed by atoms with Crippen LogP contribution in [0.3, 0.4) is 0 Å². The smallest absolute Gasteiger partial charge is 0.173 e. The molecule has 4 rings (SSSR count). The van der Waals surface area contributed by atoms with Gasteiger partial charge in [0.1, 0.15) is 5.76 Å². The Bertz CT molecular complexity index is 623. The van der Waals surface area contributed by atoms with Crippen LogP contribution in [0, 0.1) is 25.7 Å². The Labute approximate surface area is 118 Å². The third kappa shape index (κ3) is 1.36. The average molecular weight is 270 g/mol. The molecule has 4 atom stereocenters. The lowest BCUT2D eigenvalue weighted by Gasteiger charge is -2.19. The van der Waals surface area contributed by atoms with Crippen LogP contribution in [-0.4, -0.2) is 23.1 Å². The summed E-state index contributed by atoms with van der Waals surface area (Å²) in [7, 11) is 0. The Morgan fingerprint density at radius 2 is 1.70 bits per heavy atom. The summed E-state index contributed by atoms with van der Waals surface area (Å²) >= 11 is 0. The number of hydrogen-bond acceptors (Lipinski definition) is 3. The van der Waals surface area contributed by atoms with Crippen molar-refractivity contribution in [3.05, 3.63) is 40.6 Å². The summed E-state index contributed by atoms with van der Waals surface area (Å²) in [6.45, 7) is 3.99. The highest BCUT2D eigenvalue weighted by Gasteiger charge is 2.59.